The molecule has 1 nitrogen and oxygen atoms in total. The predicted molar refractivity (Wildman–Crippen MR) is 70.1 cm³/mol. The summed E-state index contributed by atoms with van der Waals surface area (Å²) in [7, 11) is 0. The molecule has 1 fully saturated rings. The number of hydrogen-bond acceptors (Lipinski definition) is 1. The second kappa shape index (κ2) is 5.55. The van der Waals surface area contributed by atoms with Crippen LogP contribution in [0.5, 0.6) is 0 Å². The molecule has 0 N–H and O–H groups in total. The lowest BCUT2D eigenvalue weighted by Crippen LogP contribution is -2.33. The fraction of sp³-hybridized carbons (Fsp3) is 0.538. The molecule has 0 aliphatic carbocycles. The highest BCUT2D eigenvalue weighted by molar-refractivity contribution is 6.30. The summed E-state index contributed by atoms with van der Waals surface area (Å²) in [6, 6.07) is 5.21. The zero-order chi connectivity index (χ0) is 12.4. The fourth-order valence-corrected chi connectivity index (χ4v) is 3.06. The minimum atomic E-state index is -0.231. The standard InChI is InChI=1S/C13H16Cl2FN/c1-9-4-5-17(13(9)7-14)8-10-2-3-11(15)6-12(10)16/h2-3,6,9,13H,4-5,7-8H2,1H3. The SMILES string of the molecule is CC1CCN(Cc2ccc(Cl)cc2F)C1CCl. The van der Waals surface area contributed by atoms with Crippen molar-refractivity contribution in [2.45, 2.75) is 25.9 Å². The normalized spacial score (nSPS) is 25.4. The van der Waals surface area contributed by atoms with E-state index in [4.69, 9.17) is 23.2 Å². The summed E-state index contributed by atoms with van der Waals surface area (Å²) >= 11 is 11.7. The predicted octanol–water partition coefficient (Wildman–Crippen LogP) is 3.93. The summed E-state index contributed by atoms with van der Waals surface area (Å²) in [5.41, 5.74) is 0.693. The van der Waals surface area contributed by atoms with E-state index < -0.39 is 0 Å². The van der Waals surface area contributed by atoms with Gasteiger partial charge in [0.15, 0.2) is 0 Å². The first-order valence-corrected chi connectivity index (χ1v) is 6.77. The minimum Gasteiger partial charge on any atom is -0.295 e. The second-order valence-corrected chi connectivity index (χ2v) is 5.44. The zero-order valence-electron chi connectivity index (χ0n) is 9.80. The maximum absolute atomic E-state index is 13.7. The van der Waals surface area contributed by atoms with E-state index in [0.29, 0.717) is 35.0 Å². The average Bonchev–Trinajstić information content (AvgIpc) is 2.63. The molecule has 0 aromatic heterocycles. The molecule has 0 radical (unpaired) electrons. The first-order valence-electron chi connectivity index (χ1n) is 5.85. The van der Waals surface area contributed by atoms with Gasteiger partial charge in [0.2, 0.25) is 0 Å². The monoisotopic (exact) mass is 275 g/mol. The van der Waals surface area contributed by atoms with Crippen LogP contribution in [0.3, 0.4) is 0 Å². The molecule has 2 atom stereocenters. The molecule has 1 aromatic carbocycles. The topological polar surface area (TPSA) is 3.24 Å². The van der Waals surface area contributed by atoms with Gasteiger partial charge in [0.25, 0.3) is 0 Å². The van der Waals surface area contributed by atoms with Gasteiger partial charge < -0.3 is 0 Å². The third-order valence-electron chi connectivity index (χ3n) is 3.54. The quantitative estimate of drug-likeness (QED) is 0.756. The summed E-state index contributed by atoms with van der Waals surface area (Å²) in [6.07, 6.45) is 1.13. The molecule has 2 rings (SSSR count). The molecule has 0 bridgehead atoms. The van der Waals surface area contributed by atoms with Crippen LogP contribution in [0.4, 0.5) is 4.39 Å². The van der Waals surface area contributed by atoms with E-state index in [2.05, 4.69) is 11.8 Å². The third kappa shape index (κ3) is 2.93. The molecule has 1 heterocycles. The maximum Gasteiger partial charge on any atom is 0.129 e. The summed E-state index contributed by atoms with van der Waals surface area (Å²) in [4.78, 5) is 2.25. The number of likely N-dealkylation sites (tertiary alicyclic amines) is 1. The number of nitrogens with zero attached hydrogens (tertiary/aromatic N) is 1. The van der Waals surface area contributed by atoms with Crippen molar-refractivity contribution >= 4 is 23.2 Å². The number of hydrogen-bond donors (Lipinski definition) is 0. The average molecular weight is 276 g/mol. The molecule has 17 heavy (non-hydrogen) atoms. The van der Waals surface area contributed by atoms with Gasteiger partial charge in [-0.1, -0.05) is 24.6 Å². The highest BCUT2D eigenvalue weighted by Crippen LogP contribution is 2.27. The molecule has 0 spiro atoms. The first-order chi connectivity index (χ1) is 8.11. The van der Waals surface area contributed by atoms with E-state index in [0.717, 1.165) is 13.0 Å². The van der Waals surface area contributed by atoms with Gasteiger partial charge in [0.1, 0.15) is 5.82 Å². The number of rotatable bonds is 3. The van der Waals surface area contributed by atoms with E-state index >= 15 is 0 Å². The Morgan fingerprint density at radius 1 is 1.47 bits per heavy atom. The van der Waals surface area contributed by atoms with Crippen LogP contribution >= 0.6 is 23.2 Å². The Hall–Kier alpha value is -0.310. The van der Waals surface area contributed by atoms with Crippen molar-refractivity contribution in [3.63, 3.8) is 0 Å². The van der Waals surface area contributed by atoms with Crippen molar-refractivity contribution in [3.8, 4) is 0 Å². The lowest BCUT2D eigenvalue weighted by atomic mass is 10.0. The molecule has 2 unspecified atom stereocenters. The van der Waals surface area contributed by atoms with E-state index in [1.54, 1.807) is 12.1 Å². The first kappa shape index (κ1) is 13.1. The van der Waals surface area contributed by atoms with Crippen LogP contribution in [0, 0.1) is 11.7 Å². The Kier molecular flexibility index (Phi) is 4.29. The maximum atomic E-state index is 13.7. The van der Waals surface area contributed by atoms with Crippen molar-refractivity contribution < 1.29 is 4.39 Å². The van der Waals surface area contributed by atoms with Crippen LogP contribution in [0.2, 0.25) is 5.02 Å². The molecule has 0 amide bonds. The number of halogens is 3. The lowest BCUT2D eigenvalue weighted by Gasteiger charge is -2.25. The zero-order valence-corrected chi connectivity index (χ0v) is 11.3. The van der Waals surface area contributed by atoms with Crippen molar-refractivity contribution in [2.24, 2.45) is 5.92 Å². The van der Waals surface area contributed by atoms with Crippen molar-refractivity contribution in [3.05, 3.63) is 34.6 Å². The van der Waals surface area contributed by atoms with Crippen LogP contribution in [0.15, 0.2) is 18.2 Å². The molecule has 1 aliphatic heterocycles. The Morgan fingerprint density at radius 3 is 2.88 bits per heavy atom. The van der Waals surface area contributed by atoms with Gasteiger partial charge in [-0.25, -0.2) is 4.39 Å². The van der Waals surface area contributed by atoms with Crippen LogP contribution < -0.4 is 0 Å². The van der Waals surface area contributed by atoms with Gasteiger partial charge in [-0.05, 0) is 31.0 Å². The molecule has 1 aliphatic rings. The van der Waals surface area contributed by atoms with Crippen molar-refractivity contribution in [2.75, 3.05) is 12.4 Å². The summed E-state index contributed by atoms with van der Waals surface area (Å²) in [5, 5.41) is 0.440. The summed E-state index contributed by atoms with van der Waals surface area (Å²) in [6.45, 7) is 3.80. The Labute approximate surface area is 112 Å². The van der Waals surface area contributed by atoms with E-state index in [9.17, 15) is 4.39 Å². The smallest absolute Gasteiger partial charge is 0.129 e. The van der Waals surface area contributed by atoms with Gasteiger partial charge in [-0.2, -0.15) is 0 Å². The van der Waals surface area contributed by atoms with Crippen molar-refractivity contribution in [1.82, 2.24) is 4.90 Å². The highest BCUT2D eigenvalue weighted by Gasteiger charge is 2.30. The van der Waals surface area contributed by atoms with E-state index in [1.807, 2.05) is 0 Å². The van der Waals surface area contributed by atoms with Crippen LogP contribution in [-0.4, -0.2) is 23.4 Å². The van der Waals surface area contributed by atoms with Crippen LogP contribution in [0.1, 0.15) is 18.9 Å². The van der Waals surface area contributed by atoms with Gasteiger partial charge in [-0.15, -0.1) is 11.6 Å². The Morgan fingerprint density at radius 2 is 2.24 bits per heavy atom. The van der Waals surface area contributed by atoms with Gasteiger partial charge in [-0.3, -0.25) is 4.90 Å². The molecule has 1 saturated heterocycles. The molecule has 0 saturated carbocycles. The van der Waals surface area contributed by atoms with Gasteiger partial charge >= 0.3 is 0 Å². The Balaban J connectivity index is 2.10. The molecule has 1 aromatic rings. The Bertz CT molecular complexity index is 397. The third-order valence-corrected chi connectivity index (χ3v) is 4.10. The summed E-state index contributed by atoms with van der Waals surface area (Å²) in [5.74, 6) is 0.962. The van der Waals surface area contributed by atoms with Crippen molar-refractivity contribution in [1.29, 1.82) is 0 Å². The van der Waals surface area contributed by atoms with Gasteiger partial charge in [0, 0.05) is 29.1 Å². The second-order valence-electron chi connectivity index (χ2n) is 4.69. The largest absolute Gasteiger partial charge is 0.295 e. The molecular weight excluding hydrogens is 260 g/mol. The lowest BCUT2D eigenvalue weighted by molar-refractivity contribution is 0.239. The van der Waals surface area contributed by atoms with E-state index in [1.165, 1.54) is 6.07 Å². The number of alkyl halides is 1. The minimum absolute atomic E-state index is 0.231. The van der Waals surface area contributed by atoms with Crippen LogP contribution in [-0.2, 0) is 6.54 Å². The molecule has 94 valence electrons. The van der Waals surface area contributed by atoms with Crippen LogP contribution in [0.25, 0.3) is 0 Å². The molecule has 4 heteroatoms. The van der Waals surface area contributed by atoms with Gasteiger partial charge in [0.05, 0.1) is 0 Å². The number of benzene rings is 1. The fourth-order valence-electron chi connectivity index (χ4n) is 2.40. The highest BCUT2D eigenvalue weighted by atomic mass is 35.5. The summed E-state index contributed by atoms with van der Waals surface area (Å²) < 4.78 is 13.7. The molecular formula is C13H16Cl2FN. The van der Waals surface area contributed by atoms with E-state index in [-0.39, 0.29) is 5.82 Å².